The Bertz CT molecular complexity index is 1430. The summed E-state index contributed by atoms with van der Waals surface area (Å²) in [5.74, 6) is -0.801. The van der Waals surface area contributed by atoms with Crippen molar-refractivity contribution in [2.24, 2.45) is 0 Å². The molecule has 198 valence electrons. The summed E-state index contributed by atoms with van der Waals surface area (Å²) in [6, 6.07) is 17.9. The van der Waals surface area contributed by atoms with Crippen molar-refractivity contribution in [2.75, 3.05) is 24.2 Å². The van der Waals surface area contributed by atoms with Gasteiger partial charge in [-0.3, -0.25) is 19.3 Å². The highest BCUT2D eigenvalue weighted by atomic mass is 32.2. The van der Waals surface area contributed by atoms with Crippen molar-refractivity contribution < 1.29 is 27.5 Å². The van der Waals surface area contributed by atoms with Crippen LogP contribution >= 0.6 is 0 Å². The maximum atomic E-state index is 13.2. The number of amides is 3. The summed E-state index contributed by atoms with van der Waals surface area (Å²) in [6.07, 6.45) is 1.90. The van der Waals surface area contributed by atoms with E-state index in [0.717, 1.165) is 0 Å². The van der Waals surface area contributed by atoms with Crippen LogP contribution in [0.25, 0.3) is 0 Å². The van der Waals surface area contributed by atoms with Gasteiger partial charge in [0.05, 0.1) is 23.5 Å². The molecule has 0 spiro atoms. The summed E-state index contributed by atoms with van der Waals surface area (Å²) in [4.78, 5) is 37.4. The van der Waals surface area contributed by atoms with Gasteiger partial charge in [-0.1, -0.05) is 24.3 Å². The third kappa shape index (κ3) is 6.20. The van der Waals surface area contributed by atoms with Gasteiger partial charge in [-0.25, -0.2) is 8.42 Å². The molecule has 0 fully saturated rings. The standard InChI is InChI=1S/C28H29N3O6S/c1-19(32)30-22-12-9-20(10-13-22)18-38(35,36)26-17-21(29)11-14-25(26)37-16-6-2-5-15-31-27(33)23-7-3-4-8-24(23)28(31)34/h3-4,7-14,17H,2,5-6,15-16,18,29H2,1H3,(H,30,32). The van der Waals surface area contributed by atoms with Gasteiger partial charge in [-0.15, -0.1) is 0 Å². The van der Waals surface area contributed by atoms with E-state index in [1.54, 1.807) is 60.7 Å². The molecular weight excluding hydrogens is 506 g/mol. The SMILES string of the molecule is CC(=O)Nc1ccc(CS(=O)(=O)c2cc(N)ccc2OCCCCCN2C(=O)c3ccccc3C2=O)cc1. The second-order valence-corrected chi connectivity index (χ2v) is 11.0. The van der Waals surface area contributed by atoms with Gasteiger partial charge in [-0.05, 0) is 67.3 Å². The van der Waals surface area contributed by atoms with Crippen molar-refractivity contribution in [2.45, 2.75) is 36.8 Å². The Morgan fingerprint density at radius 1 is 0.921 bits per heavy atom. The highest BCUT2D eigenvalue weighted by Crippen LogP contribution is 2.30. The molecule has 4 rings (SSSR count). The normalized spacial score (nSPS) is 12.9. The molecule has 1 aliphatic heterocycles. The second-order valence-electron chi connectivity index (χ2n) is 9.06. The zero-order valence-corrected chi connectivity index (χ0v) is 21.8. The number of nitrogens with zero attached hydrogens (tertiary/aromatic N) is 1. The number of carbonyl (C=O) groups excluding carboxylic acids is 3. The van der Waals surface area contributed by atoms with Crippen LogP contribution in [0.2, 0.25) is 0 Å². The average molecular weight is 536 g/mol. The lowest BCUT2D eigenvalue weighted by Gasteiger charge is -2.15. The molecule has 1 heterocycles. The van der Waals surface area contributed by atoms with Crippen LogP contribution in [0.4, 0.5) is 11.4 Å². The summed E-state index contributed by atoms with van der Waals surface area (Å²) in [7, 11) is -3.77. The zero-order valence-electron chi connectivity index (χ0n) is 21.0. The lowest BCUT2D eigenvalue weighted by molar-refractivity contribution is -0.114. The van der Waals surface area contributed by atoms with E-state index in [2.05, 4.69) is 5.32 Å². The molecule has 1 aliphatic rings. The minimum Gasteiger partial charge on any atom is -0.492 e. The molecule has 0 radical (unpaired) electrons. The predicted molar refractivity (Wildman–Crippen MR) is 144 cm³/mol. The molecule has 0 bridgehead atoms. The van der Waals surface area contributed by atoms with Crippen LogP contribution in [0.5, 0.6) is 5.75 Å². The van der Waals surface area contributed by atoms with E-state index in [1.165, 1.54) is 17.9 Å². The summed E-state index contributed by atoms with van der Waals surface area (Å²) >= 11 is 0. The number of nitrogens with one attached hydrogen (secondary N) is 1. The largest absolute Gasteiger partial charge is 0.492 e. The van der Waals surface area contributed by atoms with Crippen LogP contribution in [0.3, 0.4) is 0 Å². The van der Waals surface area contributed by atoms with Crippen molar-refractivity contribution in [1.82, 2.24) is 4.90 Å². The maximum Gasteiger partial charge on any atom is 0.261 e. The van der Waals surface area contributed by atoms with Crippen LogP contribution < -0.4 is 15.8 Å². The van der Waals surface area contributed by atoms with Gasteiger partial charge in [0.15, 0.2) is 9.84 Å². The second kappa shape index (κ2) is 11.5. The molecule has 3 aromatic carbocycles. The fourth-order valence-electron chi connectivity index (χ4n) is 4.24. The lowest BCUT2D eigenvalue weighted by atomic mass is 10.1. The smallest absolute Gasteiger partial charge is 0.261 e. The Morgan fingerprint density at radius 2 is 1.58 bits per heavy atom. The first-order chi connectivity index (χ1) is 18.2. The quantitative estimate of drug-likeness (QED) is 0.215. The number of fused-ring (bicyclic) bond motifs is 1. The zero-order chi connectivity index (χ0) is 27.3. The Kier molecular flexibility index (Phi) is 8.11. The van der Waals surface area contributed by atoms with E-state index in [0.29, 0.717) is 53.9 Å². The average Bonchev–Trinajstić information content (AvgIpc) is 3.12. The van der Waals surface area contributed by atoms with E-state index in [4.69, 9.17) is 10.5 Å². The molecule has 0 saturated carbocycles. The number of hydrogen-bond donors (Lipinski definition) is 2. The van der Waals surface area contributed by atoms with Gasteiger partial charge in [-0.2, -0.15) is 0 Å². The number of ether oxygens (including phenoxy) is 1. The van der Waals surface area contributed by atoms with Gasteiger partial charge >= 0.3 is 0 Å². The number of nitrogen functional groups attached to an aromatic ring is 1. The summed E-state index contributed by atoms with van der Waals surface area (Å²) in [5, 5.41) is 2.64. The number of nitrogens with two attached hydrogens (primary N) is 1. The first-order valence-corrected chi connectivity index (χ1v) is 13.9. The monoisotopic (exact) mass is 535 g/mol. The van der Waals surface area contributed by atoms with E-state index in [1.807, 2.05) is 0 Å². The van der Waals surface area contributed by atoms with Gasteiger partial charge < -0.3 is 15.8 Å². The molecule has 0 saturated heterocycles. The highest BCUT2D eigenvalue weighted by Gasteiger charge is 2.34. The molecule has 3 N–H and O–H groups in total. The van der Waals surface area contributed by atoms with Crippen molar-refractivity contribution in [3.05, 3.63) is 83.4 Å². The molecular formula is C28H29N3O6S. The Labute approximate surface area is 221 Å². The van der Waals surface area contributed by atoms with E-state index < -0.39 is 9.84 Å². The predicted octanol–water partition coefficient (Wildman–Crippen LogP) is 4.05. The molecule has 3 aromatic rings. The van der Waals surface area contributed by atoms with Crippen LogP contribution in [0.1, 0.15) is 52.5 Å². The van der Waals surface area contributed by atoms with E-state index >= 15 is 0 Å². The van der Waals surface area contributed by atoms with Crippen molar-refractivity contribution in [1.29, 1.82) is 0 Å². The molecule has 0 aliphatic carbocycles. The lowest BCUT2D eigenvalue weighted by Crippen LogP contribution is -2.30. The highest BCUT2D eigenvalue weighted by molar-refractivity contribution is 7.90. The van der Waals surface area contributed by atoms with Crippen LogP contribution in [0.15, 0.2) is 71.6 Å². The van der Waals surface area contributed by atoms with Gasteiger partial charge in [0.25, 0.3) is 11.8 Å². The third-order valence-corrected chi connectivity index (χ3v) is 7.80. The fourth-order valence-corrected chi connectivity index (χ4v) is 5.78. The molecule has 0 unspecified atom stereocenters. The number of hydrogen-bond acceptors (Lipinski definition) is 7. The number of benzene rings is 3. The van der Waals surface area contributed by atoms with Crippen LogP contribution in [-0.4, -0.2) is 44.2 Å². The van der Waals surface area contributed by atoms with Gasteiger partial charge in [0, 0.05) is 24.8 Å². The molecule has 0 aromatic heterocycles. The van der Waals surface area contributed by atoms with E-state index in [-0.39, 0.29) is 40.7 Å². The van der Waals surface area contributed by atoms with Crippen molar-refractivity contribution >= 4 is 38.9 Å². The summed E-state index contributed by atoms with van der Waals surface area (Å²) < 4.78 is 32.2. The number of imide groups is 1. The Morgan fingerprint density at radius 3 is 2.21 bits per heavy atom. The Hall–Kier alpha value is -4.18. The van der Waals surface area contributed by atoms with Crippen LogP contribution in [-0.2, 0) is 20.4 Å². The first-order valence-electron chi connectivity index (χ1n) is 12.2. The number of carbonyl (C=O) groups is 3. The number of anilines is 2. The summed E-state index contributed by atoms with van der Waals surface area (Å²) in [5.41, 5.74) is 8.17. The van der Waals surface area contributed by atoms with Crippen molar-refractivity contribution in [3.63, 3.8) is 0 Å². The molecule has 0 atom stereocenters. The Balaban J connectivity index is 1.31. The third-order valence-electron chi connectivity index (χ3n) is 6.10. The fraction of sp³-hybridized carbons (Fsp3) is 0.250. The minimum absolute atomic E-state index is 0.00876. The minimum atomic E-state index is -3.77. The number of rotatable bonds is 11. The van der Waals surface area contributed by atoms with Crippen molar-refractivity contribution in [3.8, 4) is 5.75 Å². The maximum absolute atomic E-state index is 13.2. The topological polar surface area (TPSA) is 136 Å². The molecule has 3 amide bonds. The first kappa shape index (κ1) is 26.9. The van der Waals surface area contributed by atoms with Crippen LogP contribution in [0, 0.1) is 0 Å². The number of sulfone groups is 1. The van der Waals surface area contributed by atoms with Gasteiger partial charge in [0.2, 0.25) is 5.91 Å². The molecule has 10 heteroatoms. The van der Waals surface area contributed by atoms with E-state index in [9.17, 15) is 22.8 Å². The molecule has 9 nitrogen and oxygen atoms in total. The molecule has 38 heavy (non-hydrogen) atoms. The number of unbranched alkanes of at least 4 members (excludes halogenated alkanes) is 2. The van der Waals surface area contributed by atoms with Gasteiger partial charge in [0.1, 0.15) is 10.6 Å². The summed E-state index contributed by atoms with van der Waals surface area (Å²) in [6.45, 7) is 1.98.